The summed E-state index contributed by atoms with van der Waals surface area (Å²) in [5.41, 5.74) is 3.99. The molecule has 2 unspecified atom stereocenters. The van der Waals surface area contributed by atoms with Crippen LogP contribution in [0, 0.1) is 5.41 Å². The highest BCUT2D eigenvalue weighted by atomic mass is 16.3. The maximum absolute atomic E-state index is 12.5. The number of furan rings is 1. The highest BCUT2D eigenvalue weighted by Gasteiger charge is 2.44. The van der Waals surface area contributed by atoms with Crippen molar-refractivity contribution in [2.75, 3.05) is 27.2 Å². The molecule has 1 aromatic heterocycles. The average Bonchev–Trinajstić information content (AvgIpc) is 3.45. The smallest absolute Gasteiger partial charge is 0.254 e. The maximum Gasteiger partial charge on any atom is 0.254 e. The number of carbonyl (C=O) groups excluding carboxylic acids is 2. The summed E-state index contributed by atoms with van der Waals surface area (Å²) in [5, 5.41) is 13.2. The summed E-state index contributed by atoms with van der Waals surface area (Å²) in [6.45, 7) is 4.11. The van der Waals surface area contributed by atoms with E-state index in [9.17, 15) is 14.7 Å². The third-order valence-corrected chi connectivity index (χ3v) is 7.42. The minimum Gasteiger partial charge on any atom is -0.460 e. The SMILES string of the molecule is CNC(=O)C1(C)CN(Cc2ccc(-c3ccccc3-c3cccc4c3CN(C)C4=O)o2)CCC1O. The van der Waals surface area contributed by atoms with E-state index in [1.807, 2.05) is 56.4 Å². The summed E-state index contributed by atoms with van der Waals surface area (Å²) in [6.07, 6.45) is -0.136. The fourth-order valence-electron chi connectivity index (χ4n) is 5.40. The minimum absolute atomic E-state index is 0.0509. The van der Waals surface area contributed by atoms with Crippen LogP contribution in [0.2, 0.25) is 0 Å². The number of benzene rings is 2. The van der Waals surface area contributed by atoms with E-state index >= 15 is 0 Å². The molecule has 0 spiro atoms. The lowest BCUT2D eigenvalue weighted by Crippen LogP contribution is -2.56. The first-order valence-corrected chi connectivity index (χ1v) is 12.0. The van der Waals surface area contributed by atoms with Crippen molar-refractivity contribution in [3.63, 3.8) is 0 Å². The zero-order valence-corrected chi connectivity index (χ0v) is 20.4. The van der Waals surface area contributed by atoms with Crippen molar-refractivity contribution in [2.45, 2.75) is 32.5 Å². The summed E-state index contributed by atoms with van der Waals surface area (Å²) in [7, 11) is 3.43. The Morgan fingerprint density at radius 3 is 2.57 bits per heavy atom. The quantitative estimate of drug-likeness (QED) is 0.592. The normalized spacial score (nSPS) is 22.3. The van der Waals surface area contributed by atoms with Gasteiger partial charge in [-0.2, -0.15) is 0 Å². The fraction of sp³-hybridized carbons (Fsp3) is 0.357. The number of carbonyl (C=O) groups is 2. The zero-order valence-electron chi connectivity index (χ0n) is 20.4. The second-order valence-corrected chi connectivity index (χ2v) is 9.82. The molecule has 2 aliphatic rings. The van der Waals surface area contributed by atoms with Crippen LogP contribution in [-0.2, 0) is 17.9 Å². The monoisotopic (exact) mass is 473 g/mol. The molecule has 1 saturated heterocycles. The molecule has 0 saturated carbocycles. The Kier molecular flexibility index (Phi) is 5.99. The Morgan fingerprint density at radius 1 is 1.09 bits per heavy atom. The van der Waals surface area contributed by atoms with Gasteiger partial charge in [0.25, 0.3) is 5.91 Å². The van der Waals surface area contributed by atoms with Crippen LogP contribution in [0.5, 0.6) is 0 Å². The van der Waals surface area contributed by atoms with Gasteiger partial charge in [0, 0.05) is 44.9 Å². The van der Waals surface area contributed by atoms with Gasteiger partial charge in [-0.3, -0.25) is 14.5 Å². The van der Waals surface area contributed by atoms with Crippen LogP contribution in [-0.4, -0.2) is 60.0 Å². The van der Waals surface area contributed by atoms with Gasteiger partial charge in [-0.15, -0.1) is 0 Å². The molecular weight excluding hydrogens is 442 g/mol. The fourth-order valence-corrected chi connectivity index (χ4v) is 5.40. The molecule has 2 N–H and O–H groups in total. The number of hydrogen-bond donors (Lipinski definition) is 2. The van der Waals surface area contributed by atoms with Gasteiger partial charge >= 0.3 is 0 Å². The Morgan fingerprint density at radius 2 is 1.80 bits per heavy atom. The van der Waals surface area contributed by atoms with Crippen LogP contribution in [0.3, 0.4) is 0 Å². The molecule has 3 aromatic rings. The molecule has 3 heterocycles. The van der Waals surface area contributed by atoms with Gasteiger partial charge in [0.2, 0.25) is 5.91 Å². The molecule has 2 amide bonds. The number of hydrogen-bond acceptors (Lipinski definition) is 5. The van der Waals surface area contributed by atoms with Crippen LogP contribution < -0.4 is 5.32 Å². The molecule has 0 aliphatic carbocycles. The van der Waals surface area contributed by atoms with Crippen molar-refractivity contribution < 1.29 is 19.1 Å². The average molecular weight is 474 g/mol. The molecule has 35 heavy (non-hydrogen) atoms. The van der Waals surface area contributed by atoms with E-state index in [1.54, 1.807) is 11.9 Å². The van der Waals surface area contributed by atoms with E-state index < -0.39 is 11.5 Å². The number of nitrogens with zero attached hydrogens (tertiary/aromatic N) is 2. The summed E-state index contributed by atoms with van der Waals surface area (Å²) in [6, 6.07) is 17.9. The molecule has 2 atom stereocenters. The number of fused-ring (bicyclic) bond motifs is 1. The topological polar surface area (TPSA) is 86.0 Å². The third-order valence-electron chi connectivity index (χ3n) is 7.42. The van der Waals surface area contributed by atoms with Crippen LogP contribution in [0.25, 0.3) is 22.5 Å². The van der Waals surface area contributed by atoms with E-state index in [-0.39, 0.29) is 11.8 Å². The van der Waals surface area contributed by atoms with Crippen molar-refractivity contribution in [2.24, 2.45) is 5.41 Å². The van der Waals surface area contributed by atoms with Gasteiger partial charge in [0.15, 0.2) is 0 Å². The molecule has 7 nitrogen and oxygen atoms in total. The van der Waals surface area contributed by atoms with Crippen LogP contribution in [0.1, 0.15) is 35.0 Å². The second kappa shape index (κ2) is 8.98. The third kappa shape index (κ3) is 4.05. The van der Waals surface area contributed by atoms with Gasteiger partial charge in [-0.1, -0.05) is 36.4 Å². The van der Waals surface area contributed by atoms with E-state index in [0.717, 1.165) is 39.3 Å². The van der Waals surface area contributed by atoms with Crippen molar-refractivity contribution in [1.82, 2.24) is 15.1 Å². The number of amides is 2. The van der Waals surface area contributed by atoms with Crippen molar-refractivity contribution in [3.8, 4) is 22.5 Å². The molecule has 7 heteroatoms. The Hall–Kier alpha value is -3.42. The van der Waals surface area contributed by atoms with Crippen LogP contribution in [0.4, 0.5) is 0 Å². The number of likely N-dealkylation sites (tertiary alicyclic amines) is 1. The van der Waals surface area contributed by atoms with E-state index in [4.69, 9.17) is 4.42 Å². The Labute approximate surface area is 205 Å². The first kappa shape index (κ1) is 23.3. The number of rotatable bonds is 5. The number of piperidine rings is 1. The van der Waals surface area contributed by atoms with E-state index in [2.05, 4.69) is 22.3 Å². The molecule has 2 aromatic carbocycles. The highest BCUT2D eigenvalue weighted by molar-refractivity contribution is 6.01. The van der Waals surface area contributed by atoms with E-state index in [1.165, 1.54) is 0 Å². The Balaban J connectivity index is 1.42. The first-order valence-electron chi connectivity index (χ1n) is 12.0. The van der Waals surface area contributed by atoms with Gasteiger partial charge < -0.3 is 19.7 Å². The number of nitrogens with one attached hydrogen (secondary N) is 1. The van der Waals surface area contributed by atoms with Crippen LogP contribution in [0.15, 0.2) is 59.0 Å². The standard InChI is InChI=1S/C28H31N3O4/c1-28(27(34)29-2)17-31(14-13-25(28)32)15-18-11-12-24(35-18)21-8-5-4-7-19(21)20-9-6-10-22-23(20)16-30(3)26(22)33/h4-12,25,32H,13-17H2,1-3H3,(H,29,34). The summed E-state index contributed by atoms with van der Waals surface area (Å²) < 4.78 is 6.30. The van der Waals surface area contributed by atoms with Gasteiger partial charge in [-0.25, -0.2) is 0 Å². The van der Waals surface area contributed by atoms with Crippen molar-refractivity contribution in [1.29, 1.82) is 0 Å². The van der Waals surface area contributed by atoms with Crippen molar-refractivity contribution in [3.05, 3.63) is 71.5 Å². The lowest BCUT2D eigenvalue weighted by Gasteiger charge is -2.42. The van der Waals surface area contributed by atoms with Gasteiger partial charge in [0.05, 0.1) is 18.1 Å². The number of aliphatic hydroxyl groups excluding tert-OH is 1. The molecule has 182 valence electrons. The summed E-state index contributed by atoms with van der Waals surface area (Å²) >= 11 is 0. The predicted molar refractivity (Wildman–Crippen MR) is 133 cm³/mol. The Bertz CT molecular complexity index is 1280. The first-order chi connectivity index (χ1) is 16.8. The molecule has 5 rings (SSSR count). The molecule has 0 bridgehead atoms. The van der Waals surface area contributed by atoms with Crippen molar-refractivity contribution >= 4 is 11.8 Å². The molecule has 2 aliphatic heterocycles. The summed E-state index contributed by atoms with van der Waals surface area (Å²) in [5.74, 6) is 1.47. The summed E-state index contributed by atoms with van der Waals surface area (Å²) in [4.78, 5) is 28.8. The highest BCUT2D eigenvalue weighted by Crippen LogP contribution is 2.38. The molecular formula is C28H31N3O4. The second-order valence-electron chi connectivity index (χ2n) is 9.82. The maximum atomic E-state index is 12.5. The molecule has 1 fully saturated rings. The van der Waals surface area contributed by atoms with E-state index in [0.29, 0.717) is 32.6 Å². The zero-order chi connectivity index (χ0) is 24.7. The van der Waals surface area contributed by atoms with Gasteiger partial charge in [0.1, 0.15) is 11.5 Å². The predicted octanol–water partition coefficient (Wildman–Crippen LogP) is 3.52. The number of aliphatic hydroxyl groups is 1. The van der Waals surface area contributed by atoms with Gasteiger partial charge in [-0.05, 0) is 48.2 Å². The lowest BCUT2D eigenvalue weighted by atomic mass is 9.78. The lowest BCUT2D eigenvalue weighted by molar-refractivity contribution is -0.142. The minimum atomic E-state index is -0.854. The van der Waals surface area contributed by atoms with Crippen LogP contribution >= 0.6 is 0 Å². The largest absolute Gasteiger partial charge is 0.460 e. The molecule has 0 radical (unpaired) electrons.